The van der Waals surface area contributed by atoms with Crippen LogP contribution in [0.4, 0.5) is 0 Å². The van der Waals surface area contributed by atoms with Gasteiger partial charge in [-0.2, -0.15) is 0 Å². The number of morpholine rings is 1. The molecule has 0 spiro atoms. The third-order valence-corrected chi connectivity index (χ3v) is 8.58. The highest BCUT2D eigenvalue weighted by Crippen LogP contribution is 2.44. The van der Waals surface area contributed by atoms with Crippen LogP contribution in [0.5, 0.6) is 0 Å². The van der Waals surface area contributed by atoms with Crippen LogP contribution in [0, 0.1) is 12.3 Å². The van der Waals surface area contributed by atoms with Crippen molar-refractivity contribution in [2.75, 3.05) is 32.9 Å². The van der Waals surface area contributed by atoms with E-state index in [9.17, 15) is 4.79 Å². The van der Waals surface area contributed by atoms with Crippen molar-refractivity contribution < 1.29 is 14.3 Å². The molecule has 2 heterocycles. The maximum Gasteiger partial charge on any atom is 0.325 e. The monoisotopic (exact) mass is 474 g/mol. The van der Waals surface area contributed by atoms with E-state index in [1.165, 1.54) is 31.6 Å². The fourth-order valence-corrected chi connectivity index (χ4v) is 6.45. The second kappa shape index (κ2) is 10.2. The molecule has 0 unspecified atom stereocenters. The molecule has 32 heavy (non-hydrogen) atoms. The fraction of sp³-hybridized carbons (Fsp3) is 0.560. The standard InChI is InChI=1S/C25H34N2O3S2/c1-5-30-23(28)17-27-18(2)24(21-16-25(3,4)11-10-22(21)27)31-19-6-8-20(9-7-19)32-26-12-14-29-15-13-26/h6-9H,5,10-17H2,1-4H3. The van der Waals surface area contributed by atoms with Crippen LogP contribution in [0.3, 0.4) is 0 Å². The summed E-state index contributed by atoms with van der Waals surface area (Å²) in [7, 11) is 0. The van der Waals surface area contributed by atoms with E-state index in [1.54, 1.807) is 0 Å². The SMILES string of the molecule is CCOC(=O)Cn1c(C)c(Sc2ccc(SN3CCOCC3)cc2)c2c1CCC(C)(C)C2. The van der Waals surface area contributed by atoms with E-state index < -0.39 is 0 Å². The average molecular weight is 475 g/mol. The summed E-state index contributed by atoms with van der Waals surface area (Å²) in [5.41, 5.74) is 4.19. The van der Waals surface area contributed by atoms with Crippen LogP contribution in [0.2, 0.25) is 0 Å². The van der Waals surface area contributed by atoms with E-state index in [4.69, 9.17) is 9.47 Å². The van der Waals surface area contributed by atoms with E-state index in [1.807, 2.05) is 30.6 Å². The molecule has 7 heteroatoms. The quantitative estimate of drug-likeness (QED) is 0.397. The molecular weight excluding hydrogens is 440 g/mol. The van der Waals surface area contributed by atoms with Crippen molar-refractivity contribution >= 4 is 29.7 Å². The predicted octanol–water partition coefficient (Wildman–Crippen LogP) is 5.37. The summed E-state index contributed by atoms with van der Waals surface area (Å²) in [6, 6.07) is 8.86. The van der Waals surface area contributed by atoms with E-state index in [0.29, 0.717) is 13.2 Å². The molecule has 1 aliphatic carbocycles. The Morgan fingerprint density at radius 1 is 1.16 bits per heavy atom. The zero-order valence-electron chi connectivity index (χ0n) is 19.6. The molecule has 0 bridgehead atoms. The van der Waals surface area contributed by atoms with Crippen molar-refractivity contribution in [2.45, 2.75) is 68.2 Å². The van der Waals surface area contributed by atoms with Gasteiger partial charge in [0.2, 0.25) is 0 Å². The van der Waals surface area contributed by atoms with Crippen molar-refractivity contribution in [3.8, 4) is 0 Å². The van der Waals surface area contributed by atoms with Gasteiger partial charge < -0.3 is 14.0 Å². The normalized spacial score (nSPS) is 18.4. The number of aromatic nitrogens is 1. The lowest BCUT2D eigenvalue weighted by Crippen LogP contribution is -2.30. The van der Waals surface area contributed by atoms with Crippen LogP contribution < -0.4 is 0 Å². The first-order valence-corrected chi connectivity index (χ1v) is 13.1. The van der Waals surface area contributed by atoms with Gasteiger partial charge in [0.15, 0.2) is 0 Å². The minimum atomic E-state index is -0.153. The zero-order chi connectivity index (χ0) is 22.7. The molecule has 1 fully saturated rings. The average Bonchev–Trinajstić information content (AvgIpc) is 3.00. The first-order valence-electron chi connectivity index (χ1n) is 11.5. The third kappa shape index (κ3) is 5.56. The number of carbonyl (C=O) groups excluding carboxylic acids is 1. The number of ether oxygens (including phenoxy) is 2. The lowest BCUT2D eigenvalue weighted by atomic mass is 9.76. The molecule has 1 aromatic heterocycles. The first-order chi connectivity index (χ1) is 15.4. The second-order valence-electron chi connectivity index (χ2n) is 9.28. The summed E-state index contributed by atoms with van der Waals surface area (Å²) >= 11 is 3.64. The highest BCUT2D eigenvalue weighted by Gasteiger charge is 2.32. The summed E-state index contributed by atoms with van der Waals surface area (Å²) in [6.45, 7) is 13.0. The van der Waals surface area contributed by atoms with E-state index in [0.717, 1.165) is 45.6 Å². The van der Waals surface area contributed by atoms with Crippen LogP contribution in [0.15, 0.2) is 39.0 Å². The Morgan fingerprint density at radius 2 is 1.84 bits per heavy atom. The molecule has 0 amide bonds. The molecule has 0 saturated carbocycles. The summed E-state index contributed by atoms with van der Waals surface area (Å²) in [5, 5.41) is 0. The molecule has 1 aromatic carbocycles. The number of benzene rings is 1. The van der Waals surface area contributed by atoms with Crippen molar-refractivity contribution in [1.29, 1.82) is 0 Å². The third-order valence-electron chi connectivity index (χ3n) is 6.22. The number of carbonyl (C=O) groups is 1. The lowest BCUT2D eigenvalue weighted by Gasteiger charge is -2.30. The number of rotatable bonds is 7. The number of fused-ring (bicyclic) bond motifs is 1. The summed E-state index contributed by atoms with van der Waals surface area (Å²) in [5.74, 6) is -0.153. The van der Waals surface area contributed by atoms with Gasteiger partial charge in [-0.25, -0.2) is 4.31 Å². The Kier molecular flexibility index (Phi) is 7.60. The predicted molar refractivity (Wildman–Crippen MR) is 130 cm³/mol. The Morgan fingerprint density at radius 3 is 2.53 bits per heavy atom. The number of hydrogen-bond donors (Lipinski definition) is 0. The van der Waals surface area contributed by atoms with E-state index >= 15 is 0 Å². The lowest BCUT2D eigenvalue weighted by molar-refractivity contribution is -0.143. The van der Waals surface area contributed by atoms with E-state index in [2.05, 4.69) is 53.9 Å². The molecule has 2 aromatic rings. The topological polar surface area (TPSA) is 43.7 Å². The zero-order valence-corrected chi connectivity index (χ0v) is 21.2. The van der Waals surface area contributed by atoms with Gasteiger partial charge >= 0.3 is 5.97 Å². The first kappa shape index (κ1) is 23.7. The Hall–Kier alpha value is -1.41. The molecule has 1 aliphatic heterocycles. The van der Waals surface area contributed by atoms with Crippen LogP contribution >= 0.6 is 23.7 Å². The Balaban J connectivity index is 1.56. The van der Waals surface area contributed by atoms with Gasteiger partial charge in [-0.15, -0.1) is 0 Å². The number of nitrogens with zero attached hydrogens (tertiary/aromatic N) is 2. The smallest absolute Gasteiger partial charge is 0.325 e. The summed E-state index contributed by atoms with van der Waals surface area (Å²) in [4.78, 5) is 16.1. The van der Waals surface area contributed by atoms with Crippen LogP contribution in [-0.2, 0) is 33.7 Å². The molecule has 0 N–H and O–H groups in total. The number of hydrogen-bond acceptors (Lipinski definition) is 6. The van der Waals surface area contributed by atoms with Gasteiger partial charge in [-0.05, 0) is 80.3 Å². The molecule has 4 rings (SSSR count). The van der Waals surface area contributed by atoms with Gasteiger partial charge in [0.1, 0.15) is 6.54 Å². The van der Waals surface area contributed by atoms with Crippen molar-refractivity contribution in [1.82, 2.24) is 8.87 Å². The minimum Gasteiger partial charge on any atom is -0.465 e. The molecule has 2 aliphatic rings. The van der Waals surface area contributed by atoms with Crippen LogP contribution in [0.25, 0.3) is 0 Å². The Bertz CT molecular complexity index is 947. The highest BCUT2D eigenvalue weighted by molar-refractivity contribution is 7.99. The maximum atomic E-state index is 12.3. The molecular formula is C25H34N2O3S2. The van der Waals surface area contributed by atoms with Crippen molar-refractivity contribution in [3.05, 3.63) is 41.2 Å². The molecule has 174 valence electrons. The van der Waals surface area contributed by atoms with Crippen molar-refractivity contribution in [2.24, 2.45) is 5.41 Å². The Labute approximate surface area is 200 Å². The van der Waals surface area contributed by atoms with Gasteiger partial charge in [0.05, 0.1) is 19.8 Å². The van der Waals surface area contributed by atoms with Gasteiger partial charge in [0, 0.05) is 39.2 Å². The molecule has 5 nitrogen and oxygen atoms in total. The van der Waals surface area contributed by atoms with Crippen molar-refractivity contribution in [3.63, 3.8) is 0 Å². The van der Waals surface area contributed by atoms with Crippen LogP contribution in [0.1, 0.15) is 44.1 Å². The van der Waals surface area contributed by atoms with Gasteiger partial charge in [-0.3, -0.25) is 4.79 Å². The molecule has 0 atom stereocenters. The molecule has 0 radical (unpaired) electrons. The highest BCUT2D eigenvalue weighted by atomic mass is 32.2. The summed E-state index contributed by atoms with van der Waals surface area (Å²) in [6.07, 6.45) is 3.20. The van der Waals surface area contributed by atoms with Gasteiger partial charge in [-0.1, -0.05) is 25.6 Å². The maximum absolute atomic E-state index is 12.3. The van der Waals surface area contributed by atoms with E-state index in [-0.39, 0.29) is 11.4 Å². The minimum absolute atomic E-state index is 0.153. The summed E-state index contributed by atoms with van der Waals surface area (Å²) < 4.78 is 15.3. The molecule has 1 saturated heterocycles. The number of esters is 1. The second-order valence-corrected chi connectivity index (χ2v) is 11.5. The fourth-order valence-electron chi connectivity index (χ4n) is 4.49. The largest absolute Gasteiger partial charge is 0.465 e. The van der Waals surface area contributed by atoms with Gasteiger partial charge in [0.25, 0.3) is 0 Å². The van der Waals surface area contributed by atoms with Crippen LogP contribution in [-0.4, -0.2) is 47.8 Å².